The zero-order valence-electron chi connectivity index (χ0n) is 11.3. The number of rotatable bonds is 6. The minimum absolute atomic E-state index is 0.219. The number of esters is 2. The smallest absolute Gasteiger partial charge is 0.336 e. The highest BCUT2D eigenvalue weighted by molar-refractivity contribution is 5.87. The highest BCUT2D eigenvalue weighted by atomic mass is 16.5. The van der Waals surface area contributed by atoms with Crippen molar-refractivity contribution >= 4 is 11.9 Å². The molecule has 104 valence electrons. The van der Waals surface area contributed by atoms with Crippen LogP contribution in [0.2, 0.25) is 0 Å². The van der Waals surface area contributed by atoms with Crippen molar-refractivity contribution in [2.45, 2.75) is 33.6 Å². The molecule has 0 aromatic heterocycles. The Morgan fingerprint density at radius 2 is 1.89 bits per heavy atom. The molecule has 0 atom stereocenters. The number of hydrogen-bond acceptors (Lipinski definition) is 5. The lowest BCUT2D eigenvalue weighted by Crippen LogP contribution is -2.04. The third kappa shape index (κ3) is 12.3. The highest BCUT2D eigenvalue weighted by Crippen LogP contribution is 1.93. The predicted molar refractivity (Wildman–Crippen MR) is 69.1 cm³/mol. The quantitative estimate of drug-likeness (QED) is 0.343. The van der Waals surface area contributed by atoms with E-state index < -0.39 is 5.97 Å². The van der Waals surface area contributed by atoms with Crippen molar-refractivity contribution in [2.24, 2.45) is 0 Å². The van der Waals surface area contributed by atoms with E-state index in [1.807, 2.05) is 6.92 Å². The van der Waals surface area contributed by atoms with E-state index in [4.69, 9.17) is 5.11 Å². The molecule has 0 aromatic rings. The van der Waals surface area contributed by atoms with Crippen LogP contribution in [0.4, 0.5) is 0 Å². The predicted octanol–water partition coefficient (Wildman–Crippen LogP) is 2.53. The third-order valence-electron chi connectivity index (χ3n) is 1.70. The first-order valence-corrected chi connectivity index (χ1v) is 5.80. The molecule has 0 rings (SSSR count). The van der Waals surface area contributed by atoms with E-state index in [1.54, 1.807) is 6.92 Å². The molecule has 1 N–H and O–H groups in total. The number of carbonyl (C=O) groups excluding carboxylic acids is 2. The van der Waals surface area contributed by atoms with Crippen molar-refractivity contribution in [2.75, 3.05) is 13.2 Å². The van der Waals surface area contributed by atoms with Crippen LogP contribution in [0.15, 0.2) is 24.5 Å². The molecule has 5 heteroatoms. The molecule has 0 radical (unpaired) electrons. The van der Waals surface area contributed by atoms with Gasteiger partial charge in [0.25, 0.3) is 0 Å². The van der Waals surface area contributed by atoms with E-state index in [1.165, 1.54) is 13.0 Å². The molecule has 18 heavy (non-hydrogen) atoms. The van der Waals surface area contributed by atoms with Gasteiger partial charge in [0.2, 0.25) is 0 Å². The third-order valence-corrected chi connectivity index (χ3v) is 1.70. The molecule has 0 bridgehead atoms. The fourth-order valence-corrected chi connectivity index (χ4v) is 0.674. The number of unbranched alkanes of at least 4 members (excludes halogenated alkanes) is 1. The number of aliphatic hydroxyl groups is 1. The van der Waals surface area contributed by atoms with Crippen LogP contribution in [0.1, 0.15) is 33.6 Å². The van der Waals surface area contributed by atoms with E-state index in [2.05, 4.69) is 16.1 Å². The normalized spacial score (nSPS) is 9.83. The first kappa shape index (κ1) is 18.6. The maximum atomic E-state index is 10.5. The van der Waals surface area contributed by atoms with E-state index in [0.29, 0.717) is 13.2 Å². The molecule has 0 amide bonds. The van der Waals surface area contributed by atoms with Gasteiger partial charge in [-0.2, -0.15) is 0 Å². The number of carbonyl (C=O) groups is 2. The van der Waals surface area contributed by atoms with Crippen LogP contribution in [0.25, 0.3) is 0 Å². The summed E-state index contributed by atoms with van der Waals surface area (Å²) in [4.78, 5) is 20.9. The Kier molecular flexibility index (Phi) is 13.7. The van der Waals surface area contributed by atoms with Crippen LogP contribution < -0.4 is 0 Å². The second-order valence-electron chi connectivity index (χ2n) is 3.26. The molecule has 0 aromatic carbocycles. The van der Waals surface area contributed by atoms with Crippen LogP contribution in [0.3, 0.4) is 0 Å². The summed E-state index contributed by atoms with van der Waals surface area (Å²) >= 11 is 0. The van der Waals surface area contributed by atoms with Crippen LogP contribution in [0.5, 0.6) is 0 Å². The van der Waals surface area contributed by atoms with E-state index in [9.17, 15) is 9.59 Å². The average Bonchev–Trinajstić information content (AvgIpc) is 2.38. The van der Waals surface area contributed by atoms with Crippen molar-refractivity contribution in [3.8, 4) is 0 Å². The van der Waals surface area contributed by atoms with Crippen molar-refractivity contribution < 1.29 is 24.2 Å². The standard InChI is InChI=1S/C7H12O2.C6H10O3/c1-3-5-6-9-7(8)4-2;1-3-9-6(8)5(2)4-7/h4H,2-3,5-6H2,1H3;4,7H,3H2,1-2H3/b;5-4+. The largest absolute Gasteiger partial charge is 0.515 e. The van der Waals surface area contributed by atoms with Gasteiger partial charge in [-0.3, -0.25) is 0 Å². The average molecular weight is 258 g/mol. The van der Waals surface area contributed by atoms with Gasteiger partial charge < -0.3 is 14.6 Å². The topological polar surface area (TPSA) is 72.8 Å². The van der Waals surface area contributed by atoms with Crippen molar-refractivity contribution in [1.82, 2.24) is 0 Å². The molecular formula is C13H22O5. The molecule has 0 fully saturated rings. The SMILES string of the molecule is C=CC(=O)OCCCC.CCOC(=O)/C(C)=C/O. The van der Waals surface area contributed by atoms with Crippen molar-refractivity contribution in [3.63, 3.8) is 0 Å². The fraction of sp³-hybridized carbons (Fsp3) is 0.538. The first-order chi connectivity index (χ1) is 8.53. The lowest BCUT2D eigenvalue weighted by atomic mass is 10.3. The van der Waals surface area contributed by atoms with Gasteiger partial charge in [-0.25, -0.2) is 9.59 Å². The van der Waals surface area contributed by atoms with Gasteiger partial charge >= 0.3 is 11.9 Å². The molecule has 0 saturated carbocycles. The Hall–Kier alpha value is -1.78. The molecule has 0 aliphatic heterocycles. The zero-order chi connectivity index (χ0) is 14.4. The minimum Gasteiger partial charge on any atom is -0.515 e. The monoisotopic (exact) mass is 258 g/mol. The lowest BCUT2D eigenvalue weighted by Gasteiger charge is -1.97. The Balaban J connectivity index is 0. The van der Waals surface area contributed by atoms with E-state index in [-0.39, 0.29) is 11.5 Å². The molecular weight excluding hydrogens is 236 g/mol. The Labute approximate surface area is 108 Å². The lowest BCUT2D eigenvalue weighted by molar-refractivity contribution is -0.139. The first-order valence-electron chi connectivity index (χ1n) is 5.80. The van der Waals surface area contributed by atoms with Crippen molar-refractivity contribution in [1.29, 1.82) is 0 Å². The van der Waals surface area contributed by atoms with Crippen molar-refractivity contribution in [3.05, 3.63) is 24.5 Å². The molecule has 0 unspecified atom stereocenters. The maximum Gasteiger partial charge on any atom is 0.336 e. The molecule has 5 nitrogen and oxygen atoms in total. The molecule has 0 saturated heterocycles. The van der Waals surface area contributed by atoms with Crippen LogP contribution in [-0.2, 0) is 19.1 Å². The maximum absolute atomic E-state index is 10.5. The molecule has 0 spiro atoms. The van der Waals surface area contributed by atoms with Gasteiger partial charge in [0, 0.05) is 6.08 Å². The van der Waals surface area contributed by atoms with E-state index >= 15 is 0 Å². The van der Waals surface area contributed by atoms with Crippen LogP contribution in [-0.4, -0.2) is 30.3 Å². The van der Waals surface area contributed by atoms with Gasteiger partial charge in [-0.1, -0.05) is 19.9 Å². The van der Waals surface area contributed by atoms with Crippen LogP contribution >= 0.6 is 0 Å². The summed E-state index contributed by atoms with van der Waals surface area (Å²) in [6, 6.07) is 0. The Morgan fingerprint density at radius 3 is 2.28 bits per heavy atom. The number of aliphatic hydroxyl groups excluding tert-OH is 1. The molecule has 0 aliphatic carbocycles. The Bertz CT molecular complexity index is 281. The Morgan fingerprint density at radius 1 is 1.28 bits per heavy atom. The van der Waals surface area contributed by atoms with Crippen LogP contribution in [0, 0.1) is 0 Å². The summed E-state index contributed by atoms with van der Waals surface area (Å²) in [5, 5.41) is 8.27. The number of hydrogen-bond donors (Lipinski definition) is 1. The zero-order valence-corrected chi connectivity index (χ0v) is 11.3. The molecule has 0 heterocycles. The minimum atomic E-state index is -0.472. The van der Waals surface area contributed by atoms with Gasteiger partial charge in [0.05, 0.1) is 25.0 Å². The van der Waals surface area contributed by atoms with E-state index in [0.717, 1.165) is 19.1 Å². The summed E-state index contributed by atoms with van der Waals surface area (Å²) in [5.74, 6) is -0.802. The summed E-state index contributed by atoms with van der Waals surface area (Å²) in [7, 11) is 0. The summed E-state index contributed by atoms with van der Waals surface area (Å²) in [5.41, 5.74) is 0.219. The highest BCUT2D eigenvalue weighted by Gasteiger charge is 2.01. The second-order valence-corrected chi connectivity index (χ2v) is 3.26. The fourth-order valence-electron chi connectivity index (χ4n) is 0.674. The second kappa shape index (κ2) is 13.3. The van der Waals surface area contributed by atoms with Gasteiger partial charge in [0.1, 0.15) is 0 Å². The number of ether oxygens (including phenoxy) is 2. The summed E-state index contributed by atoms with van der Waals surface area (Å²) in [6.45, 7) is 9.36. The van der Waals surface area contributed by atoms with Gasteiger partial charge in [0.15, 0.2) is 0 Å². The summed E-state index contributed by atoms with van der Waals surface area (Å²) in [6.07, 6.45) is 3.89. The van der Waals surface area contributed by atoms with Gasteiger partial charge in [-0.15, -0.1) is 0 Å². The molecule has 0 aliphatic rings. The summed E-state index contributed by atoms with van der Waals surface area (Å²) < 4.78 is 9.20. The van der Waals surface area contributed by atoms with Gasteiger partial charge in [-0.05, 0) is 20.3 Å².